The van der Waals surface area contributed by atoms with Crippen molar-refractivity contribution in [3.63, 3.8) is 0 Å². The molecule has 1 N–H and O–H groups in total. The van der Waals surface area contributed by atoms with E-state index in [-0.39, 0.29) is 30.4 Å². The van der Waals surface area contributed by atoms with Gasteiger partial charge in [-0.05, 0) is 30.0 Å². The number of piperazine rings is 1. The van der Waals surface area contributed by atoms with E-state index >= 15 is 0 Å². The second-order valence-electron chi connectivity index (χ2n) is 5.83. The highest BCUT2D eigenvalue weighted by Crippen LogP contribution is 2.40. The Balaban J connectivity index is 0.00000121. The van der Waals surface area contributed by atoms with Crippen LogP contribution in [0.1, 0.15) is 36.4 Å². The molecule has 1 saturated heterocycles. The topological polar surface area (TPSA) is 39.1 Å². The quantitative estimate of drug-likeness (QED) is 0.909. The van der Waals surface area contributed by atoms with E-state index in [0.29, 0.717) is 6.04 Å². The number of nitriles is 1. The lowest BCUT2D eigenvalue weighted by Gasteiger charge is -2.35. The minimum Gasteiger partial charge on any atom is -0.314 e. The van der Waals surface area contributed by atoms with Gasteiger partial charge in [0.2, 0.25) is 0 Å². The van der Waals surface area contributed by atoms with Crippen molar-refractivity contribution in [1.29, 1.82) is 5.26 Å². The molecule has 1 aromatic rings. The summed E-state index contributed by atoms with van der Waals surface area (Å²) in [7, 11) is 0. The van der Waals surface area contributed by atoms with E-state index in [0.717, 1.165) is 44.1 Å². The molecule has 1 saturated carbocycles. The molecule has 0 spiro atoms. The molecule has 0 aromatic heterocycles. The zero-order valence-electron chi connectivity index (χ0n) is 12.4. The molecule has 2 fully saturated rings. The number of hydrogen-bond donors (Lipinski definition) is 1. The molecule has 1 heterocycles. The molecule has 6 heteroatoms. The number of halogens is 3. The van der Waals surface area contributed by atoms with Crippen LogP contribution in [0.2, 0.25) is 0 Å². The van der Waals surface area contributed by atoms with Crippen LogP contribution in [-0.4, -0.2) is 31.1 Å². The summed E-state index contributed by atoms with van der Waals surface area (Å²) in [5, 5.41) is 12.4. The highest BCUT2D eigenvalue weighted by atomic mass is 35.5. The second kappa shape index (κ2) is 8.69. The van der Waals surface area contributed by atoms with E-state index < -0.39 is 5.82 Å². The Hall–Kier alpha value is -0.860. The summed E-state index contributed by atoms with van der Waals surface area (Å²) < 4.78 is 13.5. The lowest BCUT2D eigenvalue weighted by atomic mass is 9.97. The third-order valence-electron chi connectivity index (χ3n) is 4.34. The average Bonchev–Trinajstić information content (AvgIpc) is 3.30. The highest BCUT2D eigenvalue weighted by molar-refractivity contribution is 5.85. The molecule has 1 aliphatic carbocycles. The van der Waals surface area contributed by atoms with Crippen molar-refractivity contribution in [2.45, 2.75) is 25.3 Å². The first kappa shape index (κ1) is 19.2. The summed E-state index contributed by atoms with van der Waals surface area (Å²) in [5.41, 5.74) is 1.26. The molecule has 0 amide bonds. The molecule has 3 rings (SSSR count). The summed E-state index contributed by atoms with van der Waals surface area (Å²) >= 11 is 0. The lowest BCUT2D eigenvalue weighted by molar-refractivity contribution is 0.160. The van der Waals surface area contributed by atoms with E-state index in [2.05, 4.69) is 10.2 Å². The number of nitrogens with zero attached hydrogens (tertiary/aromatic N) is 2. The lowest BCUT2D eigenvalue weighted by Crippen LogP contribution is -2.45. The van der Waals surface area contributed by atoms with Gasteiger partial charge in [0.15, 0.2) is 0 Å². The molecule has 0 radical (unpaired) electrons. The maximum absolute atomic E-state index is 13.5. The minimum absolute atomic E-state index is 0. The maximum Gasteiger partial charge on any atom is 0.140 e. The summed E-state index contributed by atoms with van der Waals surface area (Å²) in [6, 6.07) is 7.32. The van der Waals surface area contributed by atoms with Gasteiger partial charge in [0.1, 0.15) is 11.9 Å². The molecule has 122 valence electrons. The molecule has 1 atom stereocenters. The molecular formula is C16H22Cl2FN3. The van der Waals surface area contributed by atoms with Crippen LogP contribution in [0.15, 0.2) is 18.2 Å². The Bertz CT molecular complexity index is 523. The van der Waals surface area contributed by atoms with Gasteiger partial charge < -0.3 is 5.32 Å². The fourth-order valence-corrected chi connectivity index (χ4v) is 2.99. The predicted molar refractivity (Wildman–Crippen MR) is 90.1 cm³/mol. The molecule has 0 unspecified atom stereocenters. The largest absolute Gasteiger partial charge is 0.314 e. The van der Waals surface area contributed by atoms with Gasteiger partial charge >= 0.3 is 0 Å². The summed E-state index contributed by atoms with van der Waals surface area (Å²) in [5.74, 6) is 0.396. The fourth-order valence-electron chi connectivity index (χ4n) is 2.99. The monoisotopic (exact) mass is 345 g/mol. The summed E-state index contributed by atoms with van der Waals surface area (Å²) in [6.07, 6.45) is 3.76. The normalized spacial score (nSPS) is 19.5. The predicted octanol–water partition coefficient (Wildman–Crippen LogP) is 3.29. The van der Waals surface area contributed by atoms with Gasteiger partial charge in [-0.1, -0.05) is 18.9 Å². The Morgan fingerprint density at radius 1 is 1.27 bits per heavy atom. The van der Waals surface area contributed by atoms with Crippen molar-refractivity contribution < 1.29 is 4.39 Å². The highest BCUT2D eigenvalue weighted by Gasteiger charge is 2.30. The summed E-state index contributed by atoms with van der Waals surface area (Å²) in [4.78, 5) is 2.48. The number of nitrogens with one attached hydrogen (secondary N) is 1. The van der Waals surface area contributed by atoms with Crippen LogP contribution in [0.3, 0.4) is 0 Å². The first-order valence-electron chi connectivity index (χ1n) is 7.42. The van der Waals surface area contributed by atoms with Gasteiger partial charge in [-0.3, -0.25) is 4.90 Å². The van der Waals surface area contributed by atoms with Gasteiger partial charge in [0, 0.05) is 32.2 Å². The van der Waals surface area contributed by atoms with E-state index in [4.69, 9.17) is 5.26 Å². The van der Waals surface area contributed by atoms with Crippen LogP contribution in [-0.2, 0) is 0 Å². The fraction of sp³-hybridized carbons (Fsp3) is 0.562. The standard InChI is InChI=1S/C16H20FN3.2ClH/c17-15-4-3-13(10-14(15)11-18)16(9-12-1-2-12)20-7-5-19-6-8-20;;/h3-4,10,12,16,19H,1-2,5-9H2;2*1H/t16-;;/m1../s1. The van der Waals surface area contributed by atoms with Crippen LogP contribution >= 0.6 is 24.8 Å². The molecule has 2 aliphatic rings. The third kappa shape index (κ3) is 4.57. The van der Waals surface area contributed by atoms with Crippen LogP contribution in [0.5, 0.6) is 0 Å². The van der Waals surface area contributed by atoms with Crippen molar-refractivity contribution in [3.05, 3.63) is 35.1 Å². The second-order valence-corrected chi connectivity index (χ2v) is 5.83. The molecule has 22 heavy (non-hydrogen) atoms. The van der Waals surface area contributed by atoms with E-state index in [1.54, 1.807) is 6.07 Å². The van der Waals surface area contributed by atoms with Crippen molar-refractivity contribution in [3.8, 4) is 6.07 Å². The molecule has 1 aliphatic heterocycles. The van der Waals surface area contributed by atoms with E-state index in [1.807, 2.05) is 12.1 Å². The Labute approximate surface area is 143 Å². The Morgan fingerprint density at radius 3 is 2.55 bits per heavy atom. The first-order chi connectivity index (χ1) is 9.78. The zero-order chi connectivity index (χ0) is 13.9. The van der Waals surface area contributed by atoms with Crippen molar-refractivity contribution in [2.24, 2.45) is 5.92 Å². The van der Waals surface area contributed by atoms with Crippen molar-refractivity contribution in [2.75, 3.05) is 26.2 Å². The molecule has 0 bridgehead atoms. The summed E-state index contributed by atoms with van der Waals surface area (Å²) in [6.45, 7) is 4.06. The van der Waals surface area contributed by atoms with Gasteiger partial charge in [-0.15, -0.1) is 24.8 Å². The number of benzene rings is 1. The molecule has 1 aromatic carbocycles. The SMILES string of the molecule is Cl.Cl.N#Cc1cc([C@@H](CC2CC2)N2CCNCC2)ccc1F. The van der Waals surface area contributed by atoms with Crippen LogP contribution in [0.25, 0.3) is 0 Å². The Morgan fingerprint density at radius 2 is 1.95 bits per heavy atom. The van der Waals surface area contributed by atoms with Crippen LogP contribution in [0.4, 0.5) is 4.39 Å². The number of hydrogen-bond acceptors (Lipinski definition) is 3. The van der Waals surface area contributed by atoms with E-state index in [9.17, 15) is 4.39 Å². The molecular weight excluding hydrogens is 324 g/mol. The smallest absolute Gasteiger partial charge is 0.140 e. The Kier molecular flexibility index (Phi) is 7.58. The van der Waals surface area contributed by atoms with Gasteiger partial charge in [-0.2, -0.15) is 5.26 Å². The molecule has 3 nitrogen and oxygen atoms in total. The minimum atomic E-state index is -0.415. The number of rotatable bonds is 4. The van der Waals surface area contributed by atoms with Crippen LogP contribution < -0.4 is 5.32 Å². The maximum atomic E-state index is 13.5. The first-order valence-corrected chi connectivity index (χ1v) is 7.42. The van der Waals surface area contributed by atoms with Gasteiger partial charge in [0.05, 0.1) is 5.56 Å². The van der Waals surface area contributed by atoms with Gasteiger partial charge in [0.25, 0.3) is 0 Å². The van der Waals surface area contributed by atoms with Crippen molar-refractivity contribution >= 4 is 24.8 Å². The van der Waals surface area contributed by atoms with Crippen molar-refractivity contribution in [1.82, 2.24) is 10.2 Å². The third-order valence-corrected chi connectivity index (χ3v) is 4.34. The zero-order valence-corrected chi connectivity index (χ0v) is 14.1. The van der Waals surface area contributed by atoms with E-state index in [1.165, 1.54) is 18.9 Å². The van der Waals surface area contributed by atoms with Crippen LogP contribution in [0, 0.1) is 23.1 Å². The van der Waals surface area contributed by atoms with Gasteiger partial charge in [-0.25, -0.2) is 4.39 Å². The average molecular weight is 346 g/mol.